The molecule has 0 aromatic rings. The van der Waals surface area contributed by atoms with Gasteiger partial charge in [0.2, 0.25) is 0 Å². The second-order valence-electron chi connectivity index (χ2n) is 5.82. The predicted octanol–water partition coefficient (Wildman–Crippen LogP) is 3.14. The minimum atomic E-state index is -0.651. The van der Waals surface area contributed by atoms with E-state index in [0.717, 1.165) is 12.8 Å². The Morgan fingerprint density at radius 2 is 1.94 bits per heavy atom. The summed E-state index contributed by atoms with van der Waals surface area (Å²) < 4.78 is 0. The van der Waals surface area contributed by atoms with Crippen molar-refractivity contribution in [1.82, 2.24) is 4.90 Å². The van der Waals surface area contributed by atoms with Gasteiger partial charge in [-0.05, 0) is 33.2 Å². The first-order valence-electron chi connectivity index (χ1n) is 6.93. The van der Waals surface area contributed by atoms with Gasteiger partial charge in [0.1, 0.15) is 0 Å². The molecule has 1 atom stereocenters. The Morgan fingerprint density at radius 3 is 2.41 bits per heavy atom. The molecule has 0 aromatic heterocycles. The largest absolute Gasteiger partial charge is 0.481 e. The Labute approximate surface area is 105 Å². The van der Waals surface area contributed by atoms with Gasteiger partial charge in [-0.2, -0.15) is 0 Å². The number of carboxylic acid groups (broad SMARTS) is 1. The summed E-state index contributed by atoms with van der Waals surface area (Å²) in [5, 5.41) is 9.38. The lowest BCUT2D eigenvalue weighted by Crippen LogP contribution is -2.44. The zero-order chi connectivity index (χ0) is 12.9. The normalized spacial score (nSPS) is 21.4. The Hall–Kier alpha value is -0.570. The molecule has 0 aliphatic heterocycles. The summed E-state index contributed by atoms with van der Waals surface area (Å²) in [5.74, 6) is -0.651. The Bertz CT molecular complexity index is 249. The van der Waals surface area contributed by atoms with Crippen molar-refractivity contribution < 1.29 is 9.90 Å². The van der Waals surface area contributed by atoms with E-state index in [-0.39, 0.29) is 0 Å². The van der Waals surface area contributed by atoms with Crippen LogP contribution in [0.5, 0.6) is 0 Å². The fraction of sp³-hybridized carbons (Fsp3) is 0.929. The van der Waals surface area contributed by atoms with Gasteiger partial charge in [-0.3, -0.25) is 4.79 Å². The minimum Gasteiger partial charge on any atom is -0.481 e. The molecule has 1 saturated carbocycles. The number of carboxylic acids is 1. The van der Waals surface area contributed by atoms with Crippen molar-refractivity contribution in [3.8, 4) is 0 Å². The minimum absolute atomic E-state index is 0.582. The molecule has 0 saturated heterocycles. The molecule has 0 spiro atoms. The predicted molar refractivity (Wildman–Crippen MR) is 70.2 cm³/mol. The summed E-state index contributed by atoms with van der Waals surface area (Å²) in [6, 6.07) is 0.597. The Balaban J connectivity index is 2.56. The summed E-state index contributed by atoms with van der Waals surface area (Å²) in [5.41, 5.74) is -0.582. The van der Waals surface area contributed by atoms with E-state index in [0.29, 0.717) is 12.6 Å². The molecule has 1 rings (SSSR count). The van der Waals surface area contributed by atoms with Gasteiger partial charge in [0.15, 0.2) is 0 Å². The Kier molecular flexibility index (Phi) is 5.44. The first kappa shape index (κ1) is 14.5. The summed E-state index contributed by atoms with van der Waals surface area (Å²) in [6.07, 6.45) is 8.10. The molecule has 0 heterocycles. The molecule has 3 heteroatoms. The highest BCUT2D eigenvalue weighted by atomic mass is 16.4. The molecule has 0 radical (unpaired) electrons. The van der Waals surface area contributed by atoms with Gasteiger partial charge < -0.3 is 10.0 Å². The fourth-order valence-electron chi connectivity index (χ4n) is 3.01. The third-order valence-electron chi connectivity index (χ3n) is 4.11. The molecule has 1 N–H and O–H groups in total. The maximum Gasteiger partial charge on any atom is 0.310 e. The summed E-state index contributed by atoms with van der Waals surface area (Å²) in [4.78, 5) is 13.7. The van der Waals surface area contributed by atoms with Crippen LogP contribution in [-0.2, 0) is 4.79 Å². The van der Waals surface area contributed by atoms with Crippen LogP contribution in [0.1, 0.15) is 58.8 Å². The molecule has 1 aliphatic rings. The van der Waals surface area contributed by atoms with Crippen LogP contribution in [0.2, 0.25) is 0 Å². The molecule has 1 aliphatic carbocycles. The van der Waals surface area contributed by atoms with Crippen LogP contribution in [0.15, 0.2) is 0 Å². The van der Waals surface area contributed by atoms with Crippen molar-refractivity contribution in [2.45, 2.75) is 64.8 Å². The molecule has 0 aromatic carbocycles. The highest BCUT2D eigenvalue weighted by molar-refractivity contribution is 5.74. The lowest BCUT2D eigenvalue weighted by molar-refractivity contribution is -0.149. The van der Waals surface area contributed by atoms with E-state index in [4.69, 9.17) is 0 Å². The zero-order valence-electron chi connectivity index (χ0n) is 11.5. The van der Waals surface area contributed by atoms with Gasteiger partial charge in [-0.15, -0.1) is 0 Å². The molecule has 1 unspecified atom stereocenters. The van der Waals surface area contributed by atoms with Crippen LogP contribution >= 0.6 is 0 Å². The molecule has 17 heavy (non-hydrogen) atoms. The monoisotopic (exact) mass is 241 g/mol. The van der Waals surface area contributed by atoms with E-state index >= 15 is 0 Å². The zero-order valence-corrected chi connectivity index (χ0v) is 11.5. The molecule has 100 valence electrons. The topological polar surface area (TPSA) is 40.5 Å². The van der Waals surface area contributed by atoms with Crippen molar-refractivity contribution in [1.29, 1.82) is 0 Å². The van der Waals surface area contributed by atoms with Gasteiger partial charge in [0.25, 0.3) is 0 Å². The Morgan fingerprint density at radius 1 is 1.35 bits per heavy atom. The number of hydrogen-bond donors (Lipinski definition) is 1. The summed E-state index contributed by atoms with van der Waals surface area (Å²) in [6.45, 7) is 4.63. The number of hydrogen-bond acceptors (Lipinski definition) is 2. The van der Waals surface area contributed by atoms with E-state index in [9.17, 15) is 9.90 Å². The highest BCUT2D eigenvalue weighted by Gasteiger charge is 2.35. The maximum absolute atomic E-state index is 11.4. The first-order chi connectivity index (χ1) is 7.99. The third-order valence-corrected chi connectivity index (χ3v) is 4.11. The first-order valence-corrected chi connectivity index (χ1v) is 6.93. The van der Waals surface area contributed by atoms with Crippen molar-refractivity contribution in [3.63, 3.8) is 0 Å². The van der Waals surface area contributed by atoms with E-state index in [1.807, 2.05) is 6.92 Å². The molecular weight excluding hydrogens is 214 g/mol. The standard InChI is InChI=1S/C14H27NO2/c1-4-10-14(2,13(16)17)11-15(3)12-8-6-5-7-9-12/h12H,4-11H2,1-3H3,(H,16,17). The van der Waals surface area contributed by atoms with E-state index < -0.39 is 11.4 Å². The van der Waals surface area contributed by atoms with Gasteiger partial charge in [0, 0.05) is 12.6 Å². The van der Waals surface area contributed by atoms with Crippen LogP contribution < -0.4 is 0 Å². The molecule has 0 bridgehead atoms. The molecule has 3 nitrogen and oxygen atoms in total. The van der Waals surface area contributed by atoms with Crippen LogP contribution in [-0.4, -0.2) is 35.6 Å². The molecule has 1 fully saturated rings. The number of carbonyl (C=O) groups is 1. The average molecular weight is 241 g/mol. The van der Waals surface area contributed by atoms with E-state index in [2.05, 4.69) is 18.9 Å². The lowest BCUT2D eigenvalue weighted by atomic mass is 9.84. The highest BCUT2D eigenvalue weighted by Crippen LogP contribution is 2.28. The van der Waals surface area contributed by atoms with Crippen molar-refractivity contribution in [2.24, 2.45) is 5.41 Å². The van der Waals surface area contributed by atoms with E-state index in [1.54, 1.807) is 0 Å². The SMILES string of the molecule is CCCC(C)(CN(C)C1CCCCC1)C(=O)O. The summed E-state index contributed by atoms with van der Waals surface area (Å²) >= 11 is 0. The smallest absolute Gasteiger partial charge is 0.310 e. The van der Waals surface area contributed by atoms with Crippen LogP contribution in [0, 0.1) is 5.41 Å². The maximum atomic E-state index is 11.4. The van der Waals surface area contributed by atoms with Gasteiger partial charge in [-0.1, -0.05) is 32.6 Å². The second-order valence-corrected chi connectivity index (χ2v) is 5.82. The number of nitrogens with zero attached hydrogens (tertiary/aromatic N) is 1. The average Bonchev–Trinajstić information content (AvgIpc) is 2.30. The number of aliphatic carboxylic acids is 1. The van der Waals surface area contributed by atoms with Crippen molar-refractivity contribution in [2.75, 3.05) is 13.6 Å². The lowest BCUT2D eigenvalue weighted by Gasteiger charge is -2.36. The molecule has 0 amide bonds. The molecular formula is C14H27NO2. The third kappa shape index (κ3) is 3.98. The quantitative estimate of drug-likeness (QED) is 0.776. The van der Waals surface area contributed by atoms with Crippen molar-refractivity contribution in [3.05, 3.63) is 0 Å². The van der Waals surface area contributed by atoms with Crippen LogP contribution in [0.3, 0.4) is 0 Å². The van der Waals surface area contributed by atoms with Crippen LogP contribution in [0.25, 0.3) is 0 Å². The second kappa shape index (κ2) is 6.39. The van der Waals surface area contributed by atoms with Crippen LogP contribution in [0.4, 0.5) is 0 Å². The fourth-order valence-corrected chi connectivity index (χ4v) is 3.01. The van der Waals surface area contributed by atoms with Gasteiger partial charge in [-0.25, -0.2) is 0 Å². The van der Waals surface area contributed by atoms with Gasteiger partial charge >= 0.3 is 5.97 Å². The van der Waals surface area contributed by atoms with Gasteiger partial charge in [0.05, 0.1) is 5.41 Å². The van der Waals surface area contributed by atoms with E-state index in [1.165, 1.54) is 32.1 Å². The van der Waals surface area contributed by atoms with Crippen molar-refractivity contribution >= 4 is 5.97 Å². The number of rotatable bonds is 6. The summed E-state index contributed by atoms with van der Waals surface area (Å²) in [7, 11) is 2.09.